The lowest BCUT2D eigenvalue weighted by atomic mass is 10.0. The normalized spacial score (nSPS) is 15.6. The van der Waals surface area contributed by atoms with Crippen molar-refractivity contribution in [1.82, 2.24) is 0 Å². The first-order valence-corrected chi connectivity index (χ1v) is 12.2. The minimum Gasteiger partial charge on any atom is -0.358 e. The van der Waals surface area contributed by atoms with Crippen molar-refractivity contribution in [3.63, 3.8) is 0 Å². The molecule has 0 saturated carbocycles. The molecule has 3 heteroatoms. The third-order valence-corrected chi connectivity index (χ3v) is 8.72. The summed E-state index contributed by atoms with van der Waals surface area (Å²) < 4.78 is 6.18. The number of ether oxygens (including phenoxy) is 1. The maximum Gasteiger partial charge on any atom is 0.105 e. The summed E-state index contributed by atoms with van der Waals surface area (Å²) in [7, 11) is -1.51. The van der Waals surface area contributed by atoms with Crippen LogP contribution in [0.25, 0.3) is 0 Å². The monoisotopic (exact) mass is 320 g/mol. The van der Waals surface area contributed by atoms with Crippen LogP contribution in [-0.2, 0) is 4.74 Å². The van der Waals surface area contributed by atoms with E-state index < -0.39 is 17.6 Å². The van der Waals surface area contributed by atoms with Gasteiger partial charge in [0, 0.05) is 0 Å². The average molecular weight is 321 g/mol. The fourth-order valence-electron chi connectivity index (χ4n) is 2.59. The topological polar surface area (TPSA) is 9.23 Å². The lowest BCUT2D eigenvalue weighted by molar-refractivity contribution is 0.136. The van der Waals surface area contributed by atoms with Gasteiger partial charge >= 0.3 is 0 Å². The smallest absolute Gasteiger partial charge is 0.105 e. The summed E-state index contributed by atoms with van der Waals surface area (Å²) in [6, 6.07) is 2.27. The van der Waals surface area contributed by atoms with Gasteiger partial charge < -0.3 is 4.74 Å². The quantitative estimate of drug-likeness (QED) is 0.520. The molecule has 2 atom stereocenters. The maximum atomic E-state index is 6.18. The van der Waals surface area contributed by atoms with Crippen LogP contribution in [0, 0.1) is 35.5 Å². The molecule has 21 heavy (non-hydrogen) atoms. The zero-order valence-electron chi connectivity index (χ0n) is 15.1. The zero-order chi connectivity index (χ0) is 16.8. The molecule has 0 heterocycles. The van der Waals surface area contributed by atoms with E-state index in [0.29, 0.717) is 10.8 Å². The summed E-state index contributed by atoms with van der Waals surface area (Å²) >= 11 is 0. The van der Waals surface area contributed by atoms with Gasteiger partial charge in [-0.2, -0.15) is 0 Å². The average Bonchev–Trinajstić information content (AvgIpc) is 2.25. The predicted molar refractivity (Wildman–Crippen MR) is 98.1 cm³/mol. The van der Waals surface area contributed by atoms with Crippen LogP contribution < -0.4 is 0 Å². The highest BCUT2D eigenvalue weighted by atomic mass is 28.3. The Kier molecular flexibility index (Phi) is 8.04. The van der Waals surface area contributed by atoms with Gasteiger partial charge in [0.05, 0.1) is 17.6 Å². The fourth-order valence-corrected chi connectivity index (χ4v) is 7.75. The zero-order valence-corrected chi connectivity index (χ0v) is 17.1. The van der Waals surface area contributed by atoms with Gasteiger partial charge in [-0.05, 0) is 10.8 Å². The number of hydrogen-bond donors (Lipinski definition) is 0. The van der Waals surface area contributed by atoms with Crippen molar-refractivity contribution in [2.45, 2.75) is 78.2 Å². The molecular weight excluding hydrogens is 288 g/mol. The van der Waals surface area contributed by atoms with Crippen LogP contribution in [0.1, 0.15) is 41.5 Å². The van der Waals surface area contributed by atoms with Crippen LogP contribution >= 0.6 is 0 Å². The van der Waals surface area contributed by atoms with E-state index in [4.69, 9.17) is 17.6 Å². The van der Waals surface area contributed by atoms with Gasteiger partial charge in [-0.3, -0.25) is 0 Å². The molecule has 118 valence electrons. The summed E-state index contributed by atoms with van der Waals surface area (Å²) in [5.74, 6) is 5.70. The van der Waals surface area contributed by atoms with Crippen molar-refractivity contribution < 1.29 is 4.74 Å². The van der Waals surface area contributed by atoms with Crippen LogP contribution in [0.2, 0.25) is 25.2 Å². The first-order chi connectivity index (χ1) is 9.39. The van der Waals surface area contributed by atoms with Gasteiger partial charge in [0.25, 0.3) is 0 Å². The molecule has 0 bridgehead atoms. The minimum atomic E-state index is -0.755. The summed E-state index contributed by atoms with van der Waals surface area (Å²) in [5, 5.41) is 0. The Morgan fingerprint density at radius 1 is 0.810 bits per heavy atom. The van der Waals surface area contributed by atoms with Crippen LogP contribution in [0.4, 0.5) is 0 Å². The molecular formula is C18H32OSi2. The van der Waals surface area contributed by atoms with Crippen LogP contribution in [0.3, 0.4) is 0 Å². The number of terminal acetylenes is 2. The number of hydrogen-bond acceptors (Lipinski definition) is 1. The third-order valence-electron chi connectivity index (χ3n) is 3.09. The van der Waals surface area contributed by atoms with Gasteiger partial charge in [-0.15, -0.1) is 12.8 Å². The predicted octanol–water partition coefficient (Wildman–Crippen LogP) is 4.43. The van der Waals surface area contributed by atoms with E-state index in [1.165, 1.54) is 0 Å². The lowest BCUT2D eigenvalue weighted by Crippen LogP contribution is -2.41. The Bertz CT molecular complexity index is 351. The first kappa shape index (κ1) is 20.5. The van der Waals surface area contributed by atoms with E-state index >= 15 is 0 Å². The summed E-state index contributed by atoms with van der Waals surface area (Å²) in [4.78, 5) is 0. The maximum absolute atomic E-state index is 6.18. The van der Waals surface area contributed by atoms with Gasteiger partial charge in [0.1, 0.15) is 11.5 Å². The molecule has 0 fully saturated rings. The highest BCUT2D eigenvalue weighted by Gasteiger charge is 2.30. The van der Waals surface area contributed by atoms with Crippen LogP contribution in [-0.4, -0.2) is 29.0 Å². The highest BCUT2D eigenvalue weighted by Crippen LogP contribution is 2.26. The first-order valence-electron chi connectivity index (χ1n) is 7.62. The Balaban J connectivity index is 4.78. The molecule has 2 unspecified atom stereocenters. The molecule has 0 aliphatic carbocycles. The Labute approximate surface area is 136 Å². The fraction of sp³-hybridized carbons (Fsp3) is 0.778. The van der Waals surface area contributed by atoms with Crippen LogP contribution in [0.5, 0.6) is 0 Å². The summed E-state index contributed by atoms with van der Waals surface area (Å²) in [6.07, 6.45) is 11.4. The molecule has 0 amide bonds. The Morgan fingerprint density at radius 2 is 1.10 bits per heavy atom. The SMILES string of the molecule is C#CC(OC(C#C)[Si](C)CC(C)(C)C)[Si](C)CC(C)(C)C. The molecule has 0 spiro atoms. The van der Waals surface area contributed by atoms with E-state index in [2.05, 4.69) is 66.5 Å². The van der Waals surface area contributed by atoms with E-state index in [1.54, 1.807) is 0 Å². The lowest BCUT2D eigenvalue weighted by Gasteiger charge is -2.30. The minimum absolute atomic E-state index is 0.0878. The van der Waals surface area contributed by atoms with E-state index in [1.807, 2.05) is 0 Å². The van der Waals surface area contributed by atoms with Crippen molar-refractivity contribution in [1.29, 1.82) is 0 Å². The Hall–Kier alpha value is -0.486. The molecule has 0 rings (SSSR count). The van der Waals surface area contributed by atoms with Gasteiger partial charge in [-0.1, -0.05) is 78.6 Å². The largest absolute Gasteiger partial charge is 0.358 e. The van der Waals surface area contributed by atoms with Gasteiger partial charge in [-0.25, -0.2) is 0 Å². The second-order valence-corrected chi connectivity index (χ2v) is 13.5. The molecule has 0 aromatic carbocycles. The van der Waals surface area contributed by atoms with E-state index in [9.17, 15) is 0 Å². The highest BCUT2D eigenvalue weighted by molar-refractivity contribution is 6.61. The third kappa shape index (κ3) is 9.19. The van der Waals surface area contributed by atoms with Crippen molar-refractivity contribution in [2.75, 3.05) is 0 Å². The van der Waals surface area contributed by atoms with Crippen molar-refractivity contribution in [3.05, 3.63) is 0 Å². The number of rotatable bonds is 6. The summed E-state index contributed by atoms with van der Waals surface area (Å²) in [5.41, 5.74) is 0.405. The van der Waals surface area contributed by atoms with E-state index in [-0.39, 0.29) is 11.5 Å². The molecule has 1 nitrogen and oxygen atoms in total. The van der Waals surface area contributed by atoms with Gasteiger partial charge in [0.15, 0.2) is 0 Å². The molecule has 0 saturated heterocycles. The molecule has 2 radical (unpaired) electrons. The molecule has 0 aliphatic rings. The second-order valence-electron chi connectivity index (χ2n) is 8.40. The molecule has 0 aromatic heterocycles. The molecule has 0 aliphatic heterocycles. The molecule has 0 N–H and O–H groups in total. The Morgan fingerprint density at radius 3 is 1.29 bits per heavy atom. The molecule has 0 aromatic rings. The second kappa shape index (κ2) is 8.23. The van der Waals surface area contributed by atoms with E-state index in [0.717, 1.165) is 12.1 Å². The van der Waals surface area contributed by atoms with Crippen LogP contribution in [0.15, 0.2) is 0 Å². The summed E-state index contributed by atoms with van der Waals surface area (Å²) in [6.45, 7) is 18.0. The van der Waals surface area contributed by atoms with Gasteiger partial charge in [0.2, 0.25) is 0 Å². The van der Waals surface area contributed by atoms with Crippen molar-refractivity contribution in [2.24, 2.45) is 10.8 Å². The van der Waals surface area contributed by atoms with Crippen molar-refractivity contribution in [3.8, 4) is 24.7 Å². The standard InChI is InChI=1S/C18H32OSi2/c1-11-15(20(9)13-17(3,4)5)19-16(12-2)21(10)14-18(6,7)8/h1-2,15-16H,13-14H2,3-10H3. The van der Waals surface area contributed by atoms with Crippen molar-refractivity contribution >= 4 is 17.6 Å².